The minimum Gasteiger partial charge on any atom is -0.490 e. The Hall–Kier alpha value is -1.83. The van der Waals surface area contributed by atoms with Crippen LogP contribution in [-0.4, -0.2) is 36.8 Å². The molecule has 0 aliphatic rings. The predicted octanol–water partition coefficient (Wildman–Crippen LogP) is 4.19. The first-order valence-electron chi connectivity index (χ1n) is 7.04. The van der Waals surface area contributed by atoms with Crippen molar-refractivity contribution in [2.45, 2.75) is 32.5 Å². The van der Waals surface area contributed by atoms with Crippen molar-refractivity contribution in [3.8, 4) is 5.75 Å². The number of rotatable bonds is 4. The molecule has 0 unspecified atom stereocenters. The van der Waals surface area contributed by atoms with Gasteiger partial charge in [0.05, 0.1) is 22.8 Å². The van der Waals surface area contributed by atoms with Gasteiger partial charge in [-0.3, -0.25) is 0 Å². The van der Waals surface area contributed by atoms with Gasteiger partial charge < -0.3 is 20.1 Å². The van der Waals surface area contributed by atoms with Crippen molar-refractivity contribution in [1.29, 1.82) is 0 Å². The molecule has 0 heterocycles. The molecule has 24 heavy (non-hydrogen) atoms. The maximum Gasteiger partial charge on any atom is 0.417 e. The first-order valence-corrected chi connectivity index (χ1v) is 7.42. The van der Waals surface area contributed by atoms with Crippen molar-refractivity contribution in [2.24, 2.45) is 0 Å². The van der Waals surface area contributed by atoms with Crippen LogP contribution in [0.5, 0.6) is 5.75 Å². The smallest absolute Gasteiger partial charge is 0.417 e. The molecule has 5 nitrogen and oxygen atoms in total. The summed E-state index contributed by atoms with van der Waals surface area (Å²) in [5.41, 5.74) is 3.71. The van der Waals surface area contributed by atoms with Crippen LogP contribution in [0, 0.1) is 0 Å². The third kappa shape index (κ3) is 5.99. The molecule has 0 atom stereocenters. The Morgan fingerprint density at radius 3 is 2.38 bits per heavy atom. The van der Waals surface area contributed by atoms with Gasteiger partial charge in [-0.25, -0.2) is 4.79 Å². The van der Waals surface area contributed by atoms with E-state index in [0.29, 0.717) is 0 Å². The molecule has 0 saturated heterocycles. The zero-order chi connectivity index (χ0) is 18.7. The molecule has 0 bridgehead atoms. The number of hydrogen-bond donors (Lipinski definition) is 1. The lowest BCUT2D eigenvalue weighted by Crippen LogP contribution is -2.36. The van der Waals surface area contributed by atoms with Crippen molar-refractivity contribution >= 4 is 23.4 Å². The van der Waals surface area contributed by atoms with E-state index in [1.54, 1.807) is 20.8 Å². The third-order valence-corrected chi connectivity index (χ3v) is 3.11. The van der Waals surface area contributed by atoms with Crippen LogP contribution < -0.4 is 10.5 Å². The molecule has 0 spiro atoms. The zero-order valence-corrected chi connectivity index (χ0v) is 14.6. The van der Waals surface area contributed by atoms with Gasteiger partial charge in [-0.1, -0.05) is 11.6 Å². The lowest BCUT2D eigenvalue weighted by atomic mass is 10.2. The third-order valence-electron chi connectivity index (χ3n) is 2.79. The number of halogens is 4. The predicted molar refractivity (Wildman–Crippen MR) is 85.2 cm³/mol. The van der Waals surface area contributed by atoms with Crippen LogP contribution in [-0.2, 0) is 10.9 Å². The molecule has 2 N–H and O–H groups in total. The summed E-state index contributed by atoms with van der Waals surface area (Å²) in [5, 5.41) is -0.507. The van der Waals surface area contributed by atoms with Gasteiger partial charge in [-0.2, -0.15) is 13.2 Å². The number of ether oxygens (including phenoxy) is 2. The van der Waals surface area contributed by atoms with E-state index in [0.717, 1.165) is 12.1 Å². The fourth-order valence-corrected chi connectivity index (χ4v) is 1.90. The lowest BCUT2D eigenvalue weighted by Gasteiger charge is -2.24. The number of likely N-dealkylation sites (N-methyl/N-ethyl adjacent to an activating group) is 1. The van der Waals surface area contributed by atoms with Crippen molar-refractivity contribution < 1.29 is 27.4 Å². The molecular formula is C15H20ClF3N2O3. The second kappa shape index (κ2) is 7.38. The Morgan fingerprint density at radius 2 is 1.88 bits per heavy atom. The Bertz CT molecular complexity index is 601. The first kappa shape index (κ1) is 20.2. The second-order valence-corrected chi connectivity index (χ2v) is 6.53. The van der Waals surface area contributed by atoms with E-state index in [4.69, 9.17) is 26.8 Å². The van der Waals surface area contributed by atoms with E-state index in [1.807, 2.05) is 0 Å². The van der Waals surface area contributed by atoms with Crippen LogP contribution in [0.1, 0.15) is 26.3 Å². The molecule has 0 aliphatic heterocycles. The van der Waals surface area contributed by atoms with Crippen molar-refractivity contribution in [3.05, 3.63) is 22.7 Å². The number of hydrogen-bond acceptors (Lipinski definition) is 4. The average Bonchev–Trinajstić information content (AvgIpc) is 2.38. The van der Waals surface area contributed by atoms with Gasteiger partial charge in [-0.15, -0.1) is 0 Å². The van der Waals surface area contributed by atoms with E-state index in [9.17, 15) is 18.0 Å². The molecule has 136 valence electrons. The second-order valence-electron chi connectivity index (χ2n) is 6.12. The van der Waals surface area contributed by atoms with Gasteiger partial charge in [0.1, 0.15) is 18.0 Å². The molecule has 0 aromatic heterocycles. The van der Waals surface area contributed by atoms with Crippen LogP contribution >= 0.6 is 11.6 Å². The van der Waals surface area contributed by atoms with Crippen LogP contribution in [0.4, 0.5) is 23.7 Å². The van der Waals surface area contributed by atoms with Gasteiger partial charge in [0.15, 0.2) is 0 Å². The number of anilines is 1. The molecule has 0 radical (unpaired) electrons. The lowest BCUT2D eigenvalue weighted by molar-refractivity contribution is -0.137. The molecule has 9 heteroatoms. The average molecular weight is 369 g/mol. The zero-order valence-electron chi connectivity index (χ0n) is 13.8. The number of benzene rings is 1. The summed E-state index contributed by atoms with van der Waals surface area (Å²) in [6, 6.07) is 1.72. The number of amides is 1. The van der Waals surface area contributed by atoms with Crippen LogP contribution in [0.25, 0.3) is 0 Å². The maximum atomic E-state index is 12.7. The fourth-order valence-electron chi connectivity index (χ4n) is 1.64. The van der Waals surface area contributed by atoms with Crippen molar-refractivity contribution in [2.75, 3.05) is 25.9 Å². The SMILES string of the molecule is CN(CCOc1cc(Cl)c(C(F)(F)F)cc1N)C(=O)OC(C)(C)C. The summed E-state index contributed by atoms with van der Waals surface area (Å²) in [5.74, 6) is 0.0191. The molecule has 0 fully saturated rings. The first-order chi connectivity index (χ1) is 10.8. The number of nitrogens with two attached hydrogens (primary N) is 1. The summed E-state index contributed by atoms with van der Waals surface area (Å²) < 4.78 is 48.6. The van der Waals surface area contributed by atoms with Gasteiger partial charge in [0.2, 0.25) is 0 Å². The minimum absolute atomic E-state index is 0.0155. The standard InChI is InChI=1S/C15H20ClF3N2O3/c1-14(2,3)24-13(22)21(4)5-6-23-12-8-10(16)9(7-11(12)20)15(17,18)19/h7-8H,5-6,20H2,1-4H3. The monoisotopic (exact) mass is 368 g/mol. The number of nitrogens with zero attached hydrogens (tertiary/aromatic N) is 1. The summed E-state index contributed by atoms with van der Waals surface area (Å²) in [6.07, 6.45) is -5.13. The van der Waals surface area contributed by atoms with Crippen LogP contribution in [0.3, 0.4) is 0 Å². The highest BCUT2D eigenvalue weighted by atomic mass is 35.5. The largest absolute Gasteiger partial charge is 0.490 e. The molecular weight excluding hydrogens is 349 g/mol. The van der Waals surface area contributed by atoms with E-state index < -0.39 is 28.5 Å². The minimum atomic E-state index is -4.60. The molecule has 1 rings (SSSR count). The van der Waals surface area contributed by atoms with Gasteiger partial charge in [0, 0.05) is 13.1 Å². The van der Waals surface area contributed by atoms with Gasteiger partial charge in [-0.05, 0) is 26.8 Å². The van der Waals surface area contributed by atoms with Crippen LogP contribution in [0.2, 0.25) is 5.02 Å². The van der Waals surface area contributed by atoms with Crippen LogP contribution in [0.15, 0.2) is 12.1 Å². The highest BCUT2D eigenvalue weighted by Gasteiger charge is 2.34. The molecule has 0 aliphatic carbocycles. The highest BCUT2D eigenvalue weighted by Crippen LogP contribution is 2.39. The summed E-state index contributed by atoms with van der Waals surface area (Å²) >= 11 is 5.61. The van der Waals surface area contributed by atoms with E-state index in [-0.39, 0.29) is 24.6 Å². The highest BCUT2D eigenvalue weighted by molar-refractivity contribution is 6.31. The van der Waals surface area contributed by atoms with E-state index in [2.05, 4.69) is 0 Å². The summed E-state index contributed by atoms with van der Waals surface area (Å²) in [7, 11) is 1.51. The van der Waals surface area contributed by atoms with E-state index in [1.165, 1.54) is 11.9 Å². The Balaban J connectivity index is 2.66. The normalized spacial score (nSPS) is 12.0. The topological polar surface area (TPSA) is 64.8 Å². The maximum absolute atomic E-state index is 12.7. The molecule has 1 amide bonds. The number of nitrogen functional groups attached to an aromatic ring is 1. The van der Waals surface area contributed by atoms with Gasteiger partial charge in [0.25, 0.3) is 0 Å². The Kier molecular flexibility index (Phi) is 6.21. The Morgan fingerprint density at radius 1 is 1.29 bits per heavy atom. The quantitative estimate of drug-likeness (QED) is 0.809. The molecule has 0 saturated carbocycles. The van der Waals surface area contributed by atoms with Crippen molar-refractivity contribution in [1.82, 2.24) is 4.90 Å². The van der Waals surface area contributed by atoms with Gasteiger partial charge >= 0.3 is 12.3 Å². The fraction of sp³-hybridized carbons (Fsp3) is 0.533. The number of carbonyl (C=O) groups excluding carboxylic acids is 1. The number of alkyl halides is 3. The Labute approximate surface area is 143 Å². The number of carbonyl (C=O) groups is 1. The van der Waals surface area contributed by atoms with E-state index >= 15 is 0 Å². The molecule has 1 aromatic carbocycles. The summed E-state index contributed by atoms with van der Waals surface area (Å²) in [4.78, 5) is 13.0. The summed E-state index contributed by atoms with van der Waals surface area (Å²) in [6.45, 7) is 5.38. The van der Waals surface area contributed by atoms with Crippen molar-refractivity contribution in [3.63, 3.8) is 0 Å². The molecule has 1 aromatic rings.